The molecule has 0 aromatic heterocycles. The second kappa shape index (κ2) is 4.97. The van der Waals surface area contributed by atoms with E-state index in [2.05, 4.69) is 17.8 Å². The molecule has 4 rings (SSSR count). The largest absolute Gasteiger partial charge is 0.478 e. The maximum atomic E-state index is 10.8. The lowest BCUT2D eigenvalue weighted by Crippen LogP contribution is -2.39. The highest BCUT2D eigenvalue weighted by Crippen LogP contribution is 2.56. The fourth-order valence-corrected chi connectivity index (χ4v) is 3.49. The van der Waals surface area contributed by atoms with Crippen molar-refractivity contribution in [2.45, 2.75) is 38.5 Å². The van der Waals surface area contributed by atoms with Crippen LogP contribution in [0.25, 0.3) is 0 Å². The molecule has 3 aliphatic rings. The number of carbonyl (C=O) groups is 1. The number of carboxylic acids is 1. The lowest BCUT2D eigenvalue weighted by Gasteiger charge is -2.48. The van der Waals surface area contributed by atoms with E-state index in [4.69, 9.17) is 11.5 Å². The zero-order valence-corrected chi connectivity index (χ0v) is 12.0. The summed E-state index contributed by atoms with van der Waals surface area (Å²) < 4.78 is 0. The van der Waals surface area contributed by atoms with Crippen molar-refractivity contribution < 1.29 is 9.90 Å². The van der Waals surface area contributed by atoms with Crippen molar-refractivity contribution in [2.75, 3.05) is 0 Å². The van der Waals surface area contributed by atoms with Gasteiger partial charge in [-0.1, -0.05) is 17.8 Å². The number of terminal acetylenes is 1. The summed E-state index contributed by atoms with van der Waals surface area (Å²) >= 11 is 0. The summed E-state index contributed by atoms with van der Waals surface area (Å²) in [5.74, 6) is 8.80. The molecule has 21 heavy (non-hydrogen) atoms. The summed E-state index contributed by atoms with van der Waals surface area (Å²) in [6.07, 6.45) is 12.3. The van der Waals surface area contributed by atoms with Crippen LogP contribution in [0.3, 0.4) is 0 Å². The Morgan fingerprint density at radius 2 is 1.52 bits per heavy atom. The fourth-order valence-electron chi connectivity index (χ4n) is 3.49. The molecule has 0 aliphatic heterocycles. The smallest absolute Gasteiger partial charge is 0.335 e. The molecule has 0 amide bonds. The number of fused-ring (bicyclic) bond motifs is 3. The van der Waals surface area contributed by atoms with E-state index in [9.17, 15) is 4.79 Å². The SMILES string of the molecule is C#CC12CCC(C#Cc3ccc(C(=O)O)cc3)(CC1)CC2. The van der Waals surface area contributed by atoms with E-state index < -0.39 is 5.97 Å². The summed E-state index contributed by atoms with van der Waals surface area (Å²) in [6, 6.07) is 6.78. The van der Waals surface area contributed by atoms with Gasteiger partial charge in [0.15, 0.2) is 0 Å². The first-order valence-corrected chi connectivity index (χ1v) is 7.41. The van der Waals surface area contributed by atoms with Crippen LogP contribution in [0.1, 0.15) is 54.4 Å². The van der Waals surface area contributed by atoms with E-state index >= 15 is 0 Å². The van der Waals surface area contributed by atoms with Crippen LogP contribution in [-0.4, -0.2) is 11.1 Å². The van der Waals surface area contributed by atoms with Gasteiger partial charge in [0.25, 0.3) is 0 Å². The van der Waals surface area contributed by atoms with Crippen LogP contribution in [0.15, 0.2) is 24.3 Å². The van der Waals surface area contributed by atoms with Gasteiger partial charge in [-0.05, 0) is 62.8 Å². The van der Waals surface area contributed by atoms with Gasteiger partial charge in [0.1, 0.15) is 0 Å². The molecule has 1 aromatic carbocycles. The highest BCUT2D eigenvalue weighted by atomic mass is 16.4. The zero-order chi connectivity index (χ0) is 14.9. The van der Waals surface area contributed by atoms with Crippen LogP contribution in [0.5, 0.6) is 0 Å². The molecule has 0 unspecified atom stereocenters. The molecule has 1 aromatic rings. The quantitative estimate of drug-likeness (QED) is 0.795. The molecule has 0 heterocycles. The molecular formula is C19H18O2. The second-order valence-electron chi connectivity index (χ2n) is 6.34. The van der Waals surface area contributed by atoms with Crippen molar-refractivity contribution in [1.29, 1.82) is 0 Å². The number of hydrogen-bond donors (Lipinski definition) is 1. The molecule has 3 aliphatic carbocycles. The predicted octanol–water partition coefficient (Wildman–Crippen LogP) is 3.71. The van der Waals surface area contributed by atoms with Crippen LogP contribution < -0.4 is 0 Å². The maximum absolute atomic E-state index is 10.8. The van der Waals surface area contributed by atoms with Gasteiger partial charge in [-0.2, -0.15) is 0 Å². The lowest BCUT2D eigenvalue weighted by atomic mass is 9.54. The highest BCUT2D eigenvalue weighted by molar-refractivity contribution is 5.87. The third kappa shape index (κ3) is 2.55. The third-order valence-corrected chi connectivity index (χ3v) is 5.16. The van der Waals surface area contributed by atoms with Gasteiger partial charge in [-0.25, -0.2) is 4.79 Å². The summed E-state index contributed by atoms with van der Waals surface area (Å²) in [5.41, 5.74) is 1.46. The minimum Gasteiger partial charge on any atom is -0.478 e. The summed E-state index contributed by atoms with van der Waals surface area (Å²) in [4.78, 5) is 10.8. The molecule has 3 saturated carbocycles. The lowest BCUT2D eigenvalue weighted by molar-refractivity contribution is 0.0697. The Morgan fingerprint density at radius 1 is 1.00 bits per heavy atom. The monoisotopic (exact) mass is 278 g/mol. The van der Waals surface area contributed by atoms with Gasteiger partial charge in [-0.3, -0.25) is 0 Å². The standard InChI is InChI=1S/C19H18O2/c1-2-18-9-12-19(13-10-18,14-11-18)8-7-15-3-5-16(6-4-15)17(20)21/h1,3-6H,9-14H2,(H,20,21). The van der Waals surface area contributed by atoms with Gasteiger partial charge in [-0.15, -0.1) is 6.42 Å². The molecule has 0 spiro atoms. The van der Waals surface area contributed by atoms with E-state index in [-0.39, 0.29) is 10.8 Å². The van der Waals surface area contributed by atoms with Crippen molar-refractivity contribution in [3.63, 3.8) is 0 Å². The average Bonchev–Trinajstić information content (AvgIpc) is 2.55. The fraction of sp³-hybridized carbons (Fsp3) is 0.421. The minimum atomic E-state index is -0.904. The maximum Gasteiger partial charge on any atom is 0.335 e. The van der Waals surface area contributed by atoms with Crippen LogP contribution in [0.2, 0.25) is 0 Å². The number of carboxylic acid groups (broad SMARTS) is 1. The second-order valence-corrected chi connectivity index (χ2v) is 6.34. The molecular weight excluding hydrogens is 260 g/mol. The average molecular weight is 278 g/mol. The van der Waals surface area contributed by atoms with Gasteiger partial charge in [0.05, 0.1) is 5.56 Å². The molecule has 1 N–H and O–H groups in total. The Hall–Kier alpha value is -2.19. The van der Waals surface area contributed by atoms with Crippen molar-refractivity contribution in [3.8, 4) is 24.2 Å². The third-order valence-electron chi connectivity index (χ3n) is 5.16. The molecule has 2 bridgehead atoms. The Labute approximate surface area is 125 Å². The van der Waals surface area contributed by atoms with Gasteiger partial charge in [0.2, 0.25) is 0 Å². The molecule has 0 saturated heterocycles. The Bertz CT molecular complexity index is 640. The van der Waals surface area contributed by atoms with Crippen LogP contribution in [0, 0.1) is 35.0 Å². The Balaban J connectivity index is 1.76. The molecule has 3 fully saturated rings. The Morgan fingerprint density at radius 3 is 2.00 bits per heavy atom. The Kier molecular flexibility index (Phi) is 3.26. The highest BCUT2D eigenvalue weighted by Gasteiger charge is 2.46. The number of rotatable bonds is 1. The summed E-state index contributed by atoms with van der Waals surface area (Å²) in [6.45, 7) is 0. The van der Waals surface area contributed by atoms with Crippen molar-refractivity contribution in [2.24, 2.45) is 10.8 Å². The predicted molar refractivity (Wildman–Crippen MR) is 81.7 cm³/mol. The molecule has 0 radical (unpaired) electrons. The number of aromatic carboxylic acids is 1. The van der Waals surface area contributed by atoms with E-state index in [0.29, 0.717) is 5.56 Å². The van der Waals surface area contributed by atoms with E-state index in [1.165, 1.54) is 0 Å². The van der Waals surface area contributed by atoms with Crippen LogP contribution >= 0.6 is 0 Å². The minimum absolute atomic E-state index is 0.129. The van der Waals surface area contributed by atoms with Crippen LogP contribution in [0.4, 0.5) is 0 Å². The normalized spacial score (nSPS) is 30.0. The first kappa shape index (κ1) is 13.8. The zero-order valence-electron chi connectivity index (χ0n) is 12.0. The van der Waals surface area contributed by atoms with Gasteiger partial charge >= 0.3 is 5.97 Å². The van der Waals surface area contributed by atoms with Gasteiger partial charge < -0.3 is 5.11 Å². The van der Waals surface area contributed by atoms with Crippen molar-refractivity contribution in [3.05, 3.63) is 35.4 Å². The molecule has 2 heteroatoms. The molecule has 0 atom stereocenters. The van der Waals surface area contributed by atoms with Gasteiger partial charge in [0, 0.05) is 16.4 Å². The number of hydrogen-bond acceptors (Lipinski definition) is 1. The topological polar surface area (TPSA) is 37.3 Å². The first-order valence-electron chi connectivity index (χ1n) is 7.41. The van der Waals surface area contributed by atoms with E-state index in [1.807, 2.05) is 0 Å². The van der Waals surface area contributed by atoms with Crippen molar-refractivity contribution in [1.82, 2.24) is 0 Å². The van der Waals surface area contributed by atoms with E-state index in [0.717, 1.165) is 44.1 Å². The van der Waals surface area contributed by atoms with Crippen LogP contribution in [-0.2, 0) is 0 Å². The summed E-state index contributed by atoms with van der Waals surface area (Å²) in [7, 11) is 0. The molecule has 106 valence electrons. The number of benzene rings is 1. The van der Waals surface area contributed by atoms with Crippen molar-refractivity contribution >= 4 is 5.97 Å². The molecule has 2 nitrogen and oxygen atoms in total. The summed E-state index contributed by atoms with van der Waals surface area (Å²) in [5, 5.41) is 8.89. The van der Waals surface area contributed by atoms with E-state index in [1.54, 1.807) is 24.3 Å². The first-order chi connectivity index (χ1) is 10.1.